The van der Waals surface area contributed by atoms with E-state index in [1.807, 2.05) is 36.4 Å². The molecule has 4 aromatic rings. The highest BCUT2D eigenvalue weighted by Crippen LogP contribution is 2.25. The molecule has 1 aromatic heterocycles. The number of rotatable bonds is 7. The first kappa shape index (κ1) is 19.8. The number of anilines is 1. The Hall–Kier alpha value is -3.51. The molecular formula is C24H19FN2O2S. The Morgan fingerprint density at radius 2 is 1.70 bits per heavy atom. The highest BCUT2D eigenvalue weighted by atomic mass is 32.1. The van der Waals surface area contributed by atoms with Gasteiger partial charge < -0.3 is 4.74 Å². The Labute approximate surface area is 178 Å². The van der Waals surface area contributed by atoms with Crippen molar-refractivity contribution in [1.29, 1.82) is 0 Å². The van der Waals surface area contributed by atoms with Crippen LogP contribution in [0.5, 0.6) is 5.75 Å². The summed E-state index contributed by atoms with van der Waals surface area (Å²) in [5.74, 6) is -0.0478. The predicted octanol–water partition coefficient (Wildman–Crippen LogP) is 5.70. The van der Waals surface area contributed by atoms with E-state index in [2.05, 4.69) is 10.3 Å². The van der Waals surface area contributed by atoms with Gasteiger partial charge in [-0.2, -0.15) is 0 Å². The van der Waals surface area contributed by atoms with E-state index >= 15 is 0 Å². The third kappa shape index (κ3) is 4.90. The zero-order valence-corrected chi connectivity index (χ0v) is 16.9. The zero-order chi connectivity index (χ0) is 20.8. The third-order valence-electron chi connectivity index (χ3n) is 4.47. The van der Waals surface area contributed by atoms with E-state index in [-0.39, 0.29) is 11.7 Å². The monoisotopic (exact) mass is 418 g/mol. The highest BCUT2D eigenvalue weighted by molar-refractivity contribution is 7.15. The minimum atomic E-state index is -0.301. The van der Waals surface area contributed by atoms with Gasteiger partial charge >= 0.3 is 0 Å². The van der Waals surface area contributed by atoms with E-state index in [9.17, 15) is 9.18 Å². The average molecular weight is 418 g/mol. The van der Waals surface area contributed by atoms with Crippen molar-refractivity contribution in [2.75, 3.05) is 5.32 Å². The van der Waals surface area contributed by atoms with Gasteiger partial charge in [-0.1, -0.05) is 60.7 Å². The number of amides is 1. The number of ether oxygens (including phenoxy) is 1. The molecule has 30 heavy (non-hydrogen) atoms. The van der Waals surface area contributed by atoms with Gasteiger partial charge in [-0.05, 0) is 29.3 Å². The van der Waals surface area contributed by atoms with E-state index in [1.165, 1.54) is 17.4 Å². The average Bonchev–Trinajstić information content (AvgIpc) is 3.21. The SMILES string of the molecule is O=C(Nc1ncc(Cc2ccccc2F)s1)c1ccccc1OCc1ccccc1. The van der Waals surface area contributed by atoms with Gasteiger partial charge in [0, 0.05) is 17.5 Å². The van der Waals surface area contributed by atoms with E-state index in [0.29, 0.717) is 35.0 Å². The molecular weight excluding hydrogens is 399 g/mol. The number of aromatic nitrogens is 1. The van der Waals surface area contributed by atoms with Gasteiger partial charge in [0.2, 0.25) is 0 Å². The van der Waals surface area contributed by atoms with Crippen LogP contribution in [0.4, 0.5) is 9.52 Å². The molecule has 1 amide bonds. The molecule has 3 aromatic carbocycles. The van der Waals surface area contributed by atoms with Crippen molar-refractivity contribution >= 4 is 22.4 Å². The number of hydrogen-bond acceptors (Lipinski definition) is 4. The lowest BCUT2D eigenvalue weighted by molar-refractivity contribution is 0.102. The molecule has 0 unspecified atom stereocenters. The number of nitrogens with zero attached hydrogens (tertiary/aromatic N) is 1. The van der Waals surface area contributed by atoms with E-state index in [4.69, 9.17) is 4.74 Å². The number of carbonyl (C=O) groups excluding carboxylic acids is 1. The maximum atomic E-state index is 13.9. The minimum Gasteiger partial charge on any atom is -0.488 e. The van der Waals surface area contributed by atoms with E-state index in [1.54, 1.807) is 42.6 Å². The molecule has 0 fully saturated rings. The molecule has 6 heteroatoms. The zero-order valence-electron chi connectivity index (χ0n) is 16.0. The fourth-order valence-corrected chi connectivity index (χ4v) is 3.79. The molecule has 0 saturated carbocycles. The lowest BCUT2D eigenvalue weighted by Crippen LogP contribution is -2.13. The fourth-order valence-electron chi connectivity index (χ4n) is 2.96. The summed E-state index contributed by atoms with van der Waals surface area (Å²) >= 11 is 1.32. The van der Waals surface area contributed by atoms with Crippen LogP contribution in [0, 0.1) is 5.82 Å². The molecule has 4 nitrogen and oxygen atoms in total. The third-order valence-corrected chi connectivity index (χ3v) is 5.38. The maximum absolute atomic E-state index is 13.9. The van der Waals surface area contributed by atoms with Crippen molar-refractivity contribution in [3.05, 3.63) is 112 Å². The van der Waals surface area contributed by atoms with Crippen LogP contribution in [0.2, 0.25) is 0 Å². The van der Waals surface area contributed by atoms with Crippen LogP contribution in [0.1, 0.15) is 26.4 Å². The Balaban J connectivity index is 1.43. The molecule has 1 N–H and O–H groups in total. The molecule has 0 saturated heterocycles. The molecule has 4 rings (SSSR count). The first-order valence-corrected chi connectivity index (χ1v) is 10.3. The number of halogens is 1. The summed E-state index contributed by atoms with van der Waals surface area (Å²) in [5.41, 5.74) is 2.04. The van der Waals surface area contributed by atoms with Crippen LogP contribution in [-0.4, -0.2) is 10.9 Å². The van der Waals surface area contributed by atoms with Gasteiger partial charge in [0.25, 0.3) is 5.91 Å². The quantitative estimate of drug-likeness (QED) is 0.419. The molecule has 0 aliphatic heterocycles. The first-order chi connectivity index (χ1) is 14.7. The lowest BCUT2D eigenvalue weighted by atomic mass is 10.1. The predicted molar refractivity (Wildman–Crippen MR) is 116 cm³/mol. The standard InChI is InChI=1S/C24H19FN2O2S/c25-21-12-6-4-10-18(21)14-19-15-26-24(30-19)27-23(28)20-11-5-7-13-22(20)29-16-17-8-2-1-3-9-17/h1-13,15H,14,16H2,(H,26,27,28). The molecule has 0 radical (unpaired) electrons. The second-order valence-electron chi connectivity index (χ2n) is 6.62. The molecule has 0 spiro atoms. The van der Waals surface area contributed by atoms with Crippen LogP contribution in [0.25, 0.3) is 0 Å². The van der Waals surface area contributed by atoms with Crippen LogP contribution in [-0.2, 0) is 13.0 Å². The van der Waals surface area contributed by atoms with Crippen LogP contribution in [0.15, 0.2) is 85.1 Å². The van der Waals surface area contributed by atoms with Crippen molar-refractivity contribution in [2.24, 2.45) is 0 Å². The molecule has 150 valence electrons. The smallest absolute Gasteiger partial charge is 0.261 e. The molecule has 1 heterocycles. The van der Waals surface area contributed by atoms with E-state index in [0.717, 1.165) is 10.4 Å². The normalized spacial score (nSPS) is 10.6. The maximum Gasteiger partial charge on any atom is 0.261 e. The van der Waals surface area contributed by atoms with Crippen molar-refractivity contribution in [3.63, 3.8) is 0 Å². The van der Waals surface area contributed by atoms with Crippen molar-refractivity contribution < 1.29 is 13.9 Å². The van der Waals surface area contributed by atoms with Gasteiger partial charge in [-0.3, -0.25) is 10.1 Å². The van der Waals surface area contributed by atoms with Crippen LogP contribution < -0.4 is 10.1 Å². The van der Waals surface area contributed by atoms with Gasteiger partial charge in [-0.25, -0.2) is 9.37 Å². The summed E-state index contributed by atoms with van der Waals surface area (Å²) < 4.78 is 19.7. The summed E-state index contributed by atoms with van der Waals surface area (Å²) in [6, 6.07) is 23.5. The molecule has 0 aliphatic carbocycles. The molecule has 0 atom stereocenters. The fraction of sp³-hybridized carbons (Fsp3) is 0.0833. The summed E-state index contributed by atoms with van der Waals surface area (Å²) in [6.45, 7) is 0.370. The summed E-state index contributed by atoms with van der Waals surface area (Å²) in [5, 5.41) is 3.27. The first-order valence-electron chi connectivity index (χ1n) is 9.44. The number of carbonyl (C=O) groups is 1. The van der Waals surface area contributed by atoms with Crippen molar-refractivity contribution in [1.82, 2.24) is 4.98 Å². The van der Waals surface area contributed by atoms with Gasteiger partial charge in [0.05, 0.1) is 5.56 Å². The second-order valence-corrected chi connectivity index (χ2v) is 7.74. The topological polar surface area (TPSA) is 51.2 Å². The van der Waals surface area contributed by atoms with Crippen molar-refractivity contribution in [2.45, 2.75) is 13.0 Å². The van der Waals surface area contributed by atoms with Gasteiger partial charge in [0.1, 0.15) is 18.2 Å². The Morgan fingerprint density at radius 3 is 2.53 bits per heavy atom. The lowest BCUT2D eigenvalue weighted by Gasteiger charge is -2.11. The van der Waals surface area contributed by atoms with E-state index < -0.39 is 0 Å². The molecule has 0 bridgehead atoms. The number of benzene rings is 3. The van der Waals surface area contributed by atoms with Crippen LogP contribution >= 0.6 is 11.3 Å². The second kappa shape index (κ2) is 9.33. The van der Waals surface area contributed by atoms with Crippen LogP contribution in [0.3, 0.4) is 0 Å². The number of hydrogen-bond donors (Lipinski definition) is 1. The Morgan fingerprint density at radius 1 is 0.967 bits per heavy atom. The number of thiazole rings is 1. The molecule has 0 aliphatic rings. The number of nitrogens with one attached hydrogen (secondary N) is 1. The van der Waals surface area contributed by atoms with Gasteiger partial charge in [-0.15, -0.1) is 11.3 Å². The summed E-state index contributed by atoms with van der Waals surface area (Å²) in [4.78, 5) is 17.9. The van der Waals surface area contributed by atoms with Crippen molar-refractivity contribution in [3.8, 4) is 5.75 Å². The van der Waals surface area contributed by atoms with Gasteiger partial charge in [0.15, 0.2) is 5.13 Å². The highest BCUT2D eigenvalue weighted by Gasteiger charge is 2.15. The number of para-hydroxylation sites is 1. The minimum absolute atomic E-state index is 0.249. The Bertz CT molecular complexity index is 1140. The summed E-state index contributed by atoms with van der Waals surface area (Å²) in [6.07, 6.45) is 2.08. The Kier molecular flexibility index (Phi) is 6.15. The summed E-state index contributed by atoms with van der Waals surface area (Å²) in [7, 11) is 0. The largest absolute Gasteiger partial charge is 0.488 e.